The molecule has 1 aliphatic heterocycles. The fourth-order valence-electron chi connectivity index (χ4n) is 3.74. The summed E-state index contributed by atoms with van der Waals surface area (Å²) in [5.74, 6) is -0.504. The SMILES string of the molecule is CC(NC(=O)CN(c1ccc(F)cc1)S(=O)(=O)c1ccc2c(c1)OCCO2)c1ccc(S(C)(=O)=O)cc1. The molecule has 12 heteroatoms. The minimum atomic E-state index is -4.27. The van der Waals surface area contributed by atoms with Crippen LogP contribution in [0.4, 0.5) is 10.1 Å². The summed E-state index contributed by atoms with van der Waals surface area (Å²) in [5, 5.41) is 2.73. The van der Waals surface area contributed by atoms with Crippen molar-refractivity contribution in [1.29, 1.82) is 0 Å². The van der Waals surface area contributed by atoms with Crippen molar-refractivity contribution >= 4 is 31.5 Å². The van der Waals surface area contributed by atoms with Crippen LogP contribution in [0.5, 0.6) is 11.5 Å². The fourth-order valence-corrected chi connectivity index (χ4v) is 5.81. The summed E-state index contributed by atoms with van der Waals surface area (Å²) in [6.45, 7) is 1.71. The number of hydrogen-bond acceptors (Lipinski definition) is 7. The second kappa shape index (κ2) is 10.4. The predicted octanol–water partition coefficient (Wildman–Crippen LogP) is 3.07. The van der Waals surface area contributed by atoms with Crippen LogP contribution in [0.2, 0.25) is 0 Å². The lowest BCUT2D eigenvalue weighted by atomic mass is 10.1. The van der Waals surface area contributed by atoms with Crippen molar-refractivity contribution in [1.82, 2.24) is 5.32 Å². The van der Waals surface area contributed by atoms with Gasteiger partial charge in [-0.15, -0.1) is 0 Å². The first-order valence-electron chi connectivity index (χ1n) is 11.2. The van der Waals surface area contributed by atoms with E-state index in [1.165, 1.54) is 42.5 Å². The molecule has 0 aliphatic carbocycles. The number of rotatable bonds is 8. The second-order valence-electron chi connectivity index (χ2n) is 8.42. The van der Waals surface area contributed by atoms with Crippen LogP contribution in [-0.4, -0.2) is 48.8 Å². The van der Waals surface area contributed by atoms with Gasteiger partial charge in [-0.3, -0.25) is 9.10 Å². The lowest BCUT2D eigenvalue weighted by molar-refractivity contribution is -0.120. The molecule has 37 heavy (non-hydrogen) atoms. The number of carbonyl (C=O) groups excluding carboxylic acids is 1. The molecule has 1 amide bonds. The van der Waals surface area contributed by atoms with Gasteiger partial charge in [0.1, 0.15) is 25.6 Å². The Morgan fingerprint density at radius 3 is 2.14 bits per heavy atom. The molecule has 1 unspecified atom stereocenters. The third kappa shape index (κ3) is 6.03. The van der Waals surface area contributed by atoms with Gasteiger partial charge in [-0.1, -0.05) is 12.1 Å². The second-order valence-corrected chi connectivity index (χ2v) is 12.3. The number of sulfone groups is 1. The van der Waals surface area contributed by atoms with Crippen molar-refractivity contribution in [2.75, 3.05) is 30.3 Å². The average molecular weight is 549 g/mol. The normalized spacial score (nSPS) is 14.0. The zero-order valence-electron chi connectivity index (χ0n) is 20.0. The minimum absolute atomic E-state index is 0.0941. The highest BCUT2D eigenvalue weighted by molar-refractivity contribution is 7.93. The van der Waals surface area contributed by atoms with E-state index in [0.717, 1.165) is 22.7 Å². The molecule has 1 heterocycles. The van der Waals surface area contributed by atoms with Gasteiger partial charge in [0.15, 0.2) is 21.3 Å². The summed E-state index contributed by atoms with van der Waals surface area (Å²) >= 11 is 0. The van der Waals surface area contributed by atoms with Crippen LogP contribution in [0.3, 0.4) is 0 Å². The Hall–Kier alpha value is -3.64. The number of hydrogen-bond donors (Lipinski definition) is 1. The van der Waals surface area contributed by atoms with E-state index in [2.05, 4.69) is 5.32 Å². The lowest BCUT2D eigenvalue weighted by Crippen LogP contribution is -2.41. The molecule has 0 spiro atoms. The fraction of sp³-hybridized carbons (Fsp3) is 0.240. The predicted molar refractivity (Wildman–Crippen MR) is 134 cm³/mol. The summed E-state index contributed by atoms with van der Waals surface area (Å²) in [4.78, 5) is 13.0. The topological polar surface area (TPSA) is 119 Å². The van der Waals surface area contributed by atoms with Gasteiger partial charge in [-0.05, 0) is 61.0 Å². The van der Waals surface area contributed by atoms with Crippen LogP contribution in [-0.2, 0) is 24.7 Å². The van der Waals surface area contributed by atoms with Crippen LogP contribution in [0.25, 0.3) is 0 Å². The van der Waals surface area contributed by atoms with Crippen molar-refractivity contribution in [3.8, 4) is 11.5 Å². The number of benzene rings is 3. The zero-order chi connectivity index (χ0) is 26.8. The van der Waals surface area contributed by atoms with Crippen LogP contribution < -0.4 is 19.1 Å². The molecule has 0 aromatic heterocycles. The number of fused-ring (bicyclic) bond motifs is 1. The Labute approximate surface area is 214 Å². The van der Waals surface area contributed by atoms with E-state index < -0.39 is 44.2 Å². The largest absolute Gasteiger partial charge is 0.486 e. The molecule has 1 N–H and O–H groups in total. The van der Waals surface area contributed by atoms with E-state index in [4.69, 9.17) is 9.47 Å². The molecule has 1 atom stereocenters. The summed E-state index contributed by atoms with van der Waals surface area (Å²) in [6.07, 6.45) is 1.10. The van der Waals surface area contributed by atoms with Crippen molar-refractivity contribution in [2.45, 2.75) is 22.8 Å². The van der Waals surface area contributed by atoms with Gasteiger partial charge in [0.05, 0.1) is 21.5 Å². The summed E-state index contributed by atoms with van der Waals surface area (Å²) in [6, 6.07) is 14.4. The number of ether oxygens (including phenoxy) is 2. The highest BCUT2D eigenvalue weighted by atomic mass is 32.2. The van der Waals surface area contributed by atoms with Gasteiger partial charge in [0.2, 0.25) is 5.91 Å². The maximum Gasteiger partial charge on any atom is 0.264 e. The van der Waals surface area contributed by atoms with Crippen molar-refractivity contribution in [3.63, 3.8) is 0 Å². The highest BCUT2D eigenvalue weighted by Crippen LogP contribution is 2.34. The maximum atomic E-state index is 13.6. The Bertz CT molecular complexity index is 1510. The van der Waals surface area contributed by atoms with Crippen LogP contribution in [0.1, 0.15) is 18.5 Å². The summed E-state index contributed by atoms with van der Waals surface area (Å²) in [7, 11) is -7.64. The number of nitrogens with zero attached hydrogens (tertiary/aromatic N) is 1. The van der Waals surface area contributed by atoms with Gasteiger partial charge in [-0.2, -0.15) is 0 Å². The molecule has 3 aromatic carbocycles. The van der Waals surface area contributed by atoms with Crippen LogP contribution >= 0.6 is 0 Å². The van der Waals surface area contributed by atoms with Gasteiger partial charge < -0.3 is 14.8 Å². The number of sulfonamides is 1. The summed E-state index contributed by atoms with van der Waals surface area (Å²) < 4.78 is 76.0. The number of amides is 1. The molecule has 0 bridgehead atoms. The first-order valence-corrected chi connectivity index (χ1v) is 14.6. The van der Waals surface area contributed by atoms with Crippen molar-refractivity contribution in [2.24, 2.45) is 0 Å². The first-order chi connectivity index (χ1) is 17.4. The van der Waals surface area contributed by atoms with Gasteiger partial charge in [0.25, 0.3) is 10.0 Å². The smallest absolute Gasteiger partial charge is 0.264 e. The molecule has 196 valence electrons. The molecular formula is C25H25FN2O7S2. The molecule has 9 nitrogen and oxygen atoms in total. The maximum absolute atomic E-state index is 13.6. The van der Waals surface area contributed by atoms with Crippen molar-refractivity contribution < 1.29 is 35.5 Å². The van der Waals surface area contributed by atoms with Crippen LogP contribution in [0.15, 0.2) is 76.5 Å². The molecule has 1 aliphatic rings. The Kier molecular flexibility index (Phi) is 7.42. The molecule has 0 saturated carbocycles. The summed E-state index contributed by atoms with van der Waals surface area (Å²) in [5.41, 5.74) is 0.723. The number of carbonyl (C=O) groups is 1. The lowest BCUT2D eigenvalue weighted by Gasteiger charge is -2.26. The van der Waals surface area contributed by atoms with Gasteiger partial charge in [0, 0.05) is 12.3 Å². The number of halogens is 1. The molecule has 0 fully saturated rings. The van der Waals surface area contributed by atoms with E-state index >= 15 is 0 Å². The van der Waals surface area contributed by atoms with E-state index in [0.29, 0.717) is 17.9 Å². The average Bonchev–Trinajstić information content (AvgIpc) is 2.87. The molecule has 0 radical (unpaired) electrons. The number of anilines is 1. The van der Waals surface area contributed by atoms with E-state index in [1.807, 2.05) is 0 Å². The standard InChI is InChI=1S/C25H25FN2O7S2/c1-17(18-3-9-21(10-4-18)36(2,30)31)27-25(29)16-28(20-7-5-19(26)6-8-20)37(32,33)22-11-12-23-24(15-22)35-14-13-34-23/h3-12,15,17H,13-14,16H2,1-2H3,(H,27,29). The zero-order valence-corrected chi connectivity index (χ0v) is 21.7. The van der Waals surface area contributed by atoms with Crippen LogP contribution in [0, 0.1) is 5.82 Å². The quantitative estimate of drug-likeness (QED) is 0.460. The molecular weight excluding hydrogens is 523 g/mol. The van der Waals surface area contributed by atoms with E-state index in [9.17, 15) is 26.0 Å². The van der Waals surface area contributed by atoms with Crippen molar-refractivity contribution in [3.05, 3.63) is 78.1 Å². The Morgan fingerprint density at radius 1 is 0.919 bits per heavy atom. The third-order valence-electron chi connectivity index (χ3n) is 5.69. The molecule has 4 rings (SSSR count). The minimum Gasteiger partial charge on any atom is -0.486 e. The third-order valence-corrected chi connectivity index (χ3v) is 8.59. The van der Waals surface area contributed by atoms with Gasteiger partial charge in [-0.25, -0.2) is 21.2 Å². The molecule has 0 saturated heterocycles. The molecule has 3 aromatic rings. The Morgan fingerprint density at radius 2 is 1.51 bits per heavy atom. The first kappa shape index (κ1) is 26.4. The van der Waals surface area contributed by atoms with E-state index in [-0.39, 0.29) is 27.8 Å². The highest BCUT2D eigenvalue weighted by Gasteiger charge is 2.29. The van der Waals surface area contributed by atoms with E-state index in [1.54, 1.807) is 19.1 Å². The monoisotopic (exact) mass is 548 g/mol. The van der Waals surface area contributed by atoms with Gasteiger partial charge >= 0.3 is 0 Å². The number of nitrogens with one attached hydrogen (secondary N) is 1. The Balaban J connectivity index is 1.59.